The fourth-order valence-corrected chi connectivity index (χ4v) is 1.74. The van der Waals surface area contributed by atoms with Gasteiger partial charge >= 0.3 is 6.09 Å². The van der Waals surface area contributed by atoms with Crippen molar-refractivity contribution in [3.05, 3.63) is 69.8 Å². The van der Waals surface area contributed by atoms with Crippen molar-refractivity contribution in [1.82, 2.24) is 0 Å². The number of hydrogen-bond donors (Lipinski definition) is 1. The Bertz CT molecular complexity index is 700. The minimum absolute atomic E-state index is 0.0299. The number of non-ortho nitro benzene ring substituents is 1. The Morgan fingerprint density at radius 1 is 1.23 bits per heavy atom. The Balaban J connectivity index is 2.05. The third kappa shape index (κ3) is 3.89. The van der Waals surface area contributed by atoms with Gasteiger partial charge in [0.05, 0.1) is 10.6 Å². The largest absolute Gasteiger partial charge is 0.444 e. The lowest BCUT2D eigenvalue weighted by Gasteiger charge is -2.08. The molecule has 0 radical (unpaired) electrons. The highest BCUT2D eigenvalue weighted by atomic mass is 16.6. The first-order chi connectivity index (χ1) is 10.6. The fraction of sp³-hybridized carbons (Fsp3) is 0.0667. The molecule has 0 atom stereocenters. The zero-order valence-corrected chi connectivity index (χ0v) is 11.4. The molecular formula is C15H12N2O5. The summed E-state index contributed by atoms with van der Waals surface area (Å²) < 4.78 is 5.00. The molecule has 7 heteroatoms. The number of nitro benzene ring substituents is 1. The number of ether oxygens (including phenoxy) is 1. The van der Waals surface area contributed by atoms with Gasteiger partial charge in [0.15, 0.2) is 6.29 Å². The first kappa shape index (κ1) is 15.2. The number of carbonyl (C=O) groups is 2. The van der Waals surface area contributed by atoms with Crippen molar-refractivity contribution in [2.45, 2.75) is 6.61 Å². The van der Waals surface area contributed by atoms with Crippen molar-refractivity contribution < 1.29 is 19.2 Å². The smallest absolute Gasteiger partial charge is 0.411 e. The molecule has 7 nitrogen and oxygen atoms in total. The van der Waals surface area contributed by atoms with E-state index >= 15 is 0 Å². The maximum absolute atomic E-state index is 11.7. The molecule has 112 valence electrons. The summed E-state index contributed by atoms with van der Waals surface area (Å²) in [6.45, 7) is 0.0536. The summed E-state index contributed by atoms with van der Waals surface area (Å²) in [7, 11) is 0. The van der Waals surface area contributed by atoms with E-state index < -0.39 is 11.0 Å². The third-order valence-corrected chi connectivity index (χ3v) is 2.82. The number of nitro groups is 1. The molecule has 2 rings (SSSR count). The molecule has 2 aromatic carbocycles. The van der Waals surface area contributed by atoms with E-state index in [4.69, 9.17) is 4.74 Å². The van der Waals surface area contributed by atoms with Crippen molar-refractivity contribution in [3.63, 3.8) is 0 Å². The summed E-state index contributed by atoms with van der Waals surface area (Å²) in [6, 6.07) is 12.6. The molecule has 2 aromatic rings. The van der Waals surface area contributed by atoms with Crippen molar-refractivity contribution in [2.24, 2.45) is 0 Å². The molecule has 0 bridgehead atoms. The normalized spacial score (nSPS) is 9.82. The predicted molar refractivity (Wildman–Crippen MR) is 78.7 cm³/mol. The molecular weight excluding hydrogens is 288 g/mol. The molecule has 0 saturated heterocycles. The maximum Gasteiger partial charge on any atom is 0.411 e. The zero-order valence-electron chi connectivity index (χ0n) is 11.4. The summed E-state index contributed by atoms with van der Waals surface area (Å²) in [4.78, 5) is 32.7. The van der Waals surface area contributed by atoms with E-state index in [1.165, 1.54) is 12.1 Å². The van der Waals surface area contributed by atoms with Gasteiger partial charge in [-0.15, -0.1) is 0 Å². The average molecular weight is 300 g/mol. The molecule has 0 unspecified atom stereocenters. The molecule has 0 aliphatic heterocycles. The molecule has 0 spiro atoms. The summed E-state index contributed by atoms with van der Waals surface area (Å²) in [5.41, 5.74) is 0.723. The van der Waals surface area contributed by atoms with Crippen LogP contribution in [-0.2, 0) is 11.3 Å². The first-order valence-corrected chi connectivity index (χ1v) is 6.31. The molecule has 22 heavy (non-hydrogen) atoms. The topological polar surface area (TPSA) is 98.5 Å². The number of nitrogens with one attached hydrogen (secondary N) is 1. The molecule has 0 aliphatic rings. The highest BCUT2D eigenvalue weighted by molar-refractivity contribution is 5.93. The number of nitrogens with zero attached hydrogens (tertiary/aromatic N) is 1. The number of benzene rings is 2. The van der Waals surface area contributed by atoms with Crippen LogP contribution in [0, 0.1) is 10.1 Å². The van der Waals surface area contributed by atoms with Crippen LogP contribution in [0.2, 0.25) is 0 Å². The standard InChI is InChI=1S/C15H12N2O5/c18-9-12-6-7-13(17(20)21)8-14(12)16-15(19)22-10-11-4-2-1-3-5-11/h1-9H,10H2,(H,16,19). The van der Waals surface area contributed by atoms with Gasteiger partial charge in [0.1, 0.15) is 6.61 Å². The van der Waals surface area contributed by atoms with Gasteiger partial charge in [0.25, 0.3) is 5.69 Å². The minimum Gasteiger partial charge on any atom is -0.444 e. The van der Waals surface area contributed by atoms with E-state index in [1.807, 2.05) is 18.2 Å². The van der Waals surface area contributed by atoms with E-state index in [-0.39, 0.29) is 23.5 Å². The van der Waals surface area contributed by atoms with Crippen LogP contribution < -0.4 is 5.32 Å². The van der Waals surface area contributed by atoms with Gasteiger partial charge in [-0.3, -0.25) is 20.2 Å². The SMILES string of the molecule is O=Cc1ccc([N+](=O)[O-])cc1NC(=O)OCc1ccccc1. The monoisotopic (exact) mass is 300 g/mol. The van der Waals surface area contributed by atoms with Gasteiger partial charge in [-0.2, -0.15) is 0 Å². The van der Waals surface area contributed by atoms with Crippen molar-refractivity contribution in [1.29, 1.82) is 0 Å². The van der Waals surface area contributed by atoms with Crippen LogP contribution in [0.1, 0.15) is 15.9 Å². The summed E-state index contributed by atoms with van der Waals surface area (Å²) in [5.74, 6) is 0. The van der Waals surface area contributed by atoms with Gasteiger partial charge in [-0.25, -0.2) is 4.79 Å². The minimum atomic E-state index is -0.799. The maximum atomic E-state index is 11.7. The van der Waals surface area contributed by atoms with Gasteiger partial charge in [-0.1, -0.05) is 30.3 Å². The van der Waals surface area contributed by atoms with Gasteiger partial charge in [0.2, 0.25) is 0 Å². The number of rotatable bonds is 5. The molecule has 0 heterocycles. The second kappa shape index (κ2) is 6.98. The van der Waals surface area contributed by atoms with Gasteiger partial charge < -0.3 is 4.74 Å². The van der Waals surface area contributed by atoms with Crippen LogP contribution in [0.3, 0.4) is 0 Å². The van der Waals surface area contributed by atoms with Crippen molar-refractivity contribution >= 4 is 23.8 Å². The van der Waals surface area contributed by atoms with Crippen LogP contribution in [0.5, 0.6) is 0 Å². The van der Waals surface area contributed by atoms with Crippen molar-refractivity contribution in [3.8, 4) is 0 Å². The number of anilines is 1. The number of aldehydes is 1. The Labute approximate surface area is 125 Å². The third-order valence-electron chi connectivity index (χ3n) is 2.82. The Kier molecular flexibility index (Phi) is 4.81. The molecule has 0 aliphatic carbocycles. The van der Waals surface area contributed by atoms with E-state index in [9.17, 15) is 19.7 Å². The van der Waals surface area contributed by atoms with Crippen molar-refractivity contribution in [2.75, 3.05) is 5.32 Å². The fourth-order valence-electron chi connectivity index (χ4n) is 1.74. The Morgan fingerprint density at radius 3 is 2.59 bits per heavy atom. The number of amides is 1. The molecule has 0 fully saturated rings. The second-order valence-corrected chi connectivity index (χ2v) is 4.33. The van der Waals surface area contributed by atoms with Crippen LogP contribution >= 0.6 is 0 Å². The number of carbonyl (C=O) groups excluding carboxylic acids is 2. The number of hydrogen-bond acceptors (Lipinski definition) is 5. The van der Waals surface area contributed by atoms with E-state index in [0.29, 0.717) is 6.29 Å². The van der Waals surface area contributed by atoms with Crippen LogP contribution in [0.4, 0.5) is 16.2 Å². The molecule has 1 amide bonds. The lowest BCUT2D eigenvalue weighted by atomic mass is 10.2. The summed E-state index contributed by atoms with van der Waals surface area (Å²) in [5, 5.41) is 13.1. The summed E-state index contributed by atoms with van der Waals surface area (Å²) in [6.07, 6.45) is -0.302. The zero-order chi connectivity index (χ0) is 15.9. The molecule has 0 saturated carbocycles. The van der Waals surface area contributed by atoms with Gasteiger partial charge in [0, 0.05) is 17.7 Å². The average Bonchev–Trinajstić information content (AvgIpc) is 2.53. The van der Waals surface area contributed by atoms with Crippen LogP contribution in [-0.4, -0.2) is 17.3 Å². The Hall–Kier alpha value is -3.22. The Morgan fingerprint density at radius 2 is 1.95 bits per heavy atom. The molecule has 0 aromatic heterocycles. The highest BCUT2D eigenvalue weighted by Crippen LogP contribution is 2.21. The van der Waals surface area contributed by atoms with E-state index in [2.05, 4.69) is 5.32 Å². The van der Waals surface area contributed by atoms with Gasteiger partial charge in [-0.05, 0) is 11.6 Å². The summed E-state index contributed by atoms with van der Waals surface area (Å²) >= 11 is 0. The van der Waals surface area contributed by atoms with E-state index in [0.717, 1.165) is 11.6 Å². The predicted octanol–water partition coefficient (Wildman–Crippen LogP) is 3.16. The quantitative estimate of drug-likeness (QED) is 0.519. The van der Waals surface area contributed by atoms with E-state index in [1.54, 1.807) is 12.1 Å². The lowest BCUT2D eigenvalue weighted by molar-refractivity contribution is -0.384. The van der Waals surface area contributed by atoms with Crippen LogP contribution in [0.25, 0.3) is 0 Å². The second-order valence-electron chi connectivity index (χ2n) is 4.33. The lowest BCUT2D eigenvalue weighted by Crippen LogP contribution is -2.15. The highest BCUT2D eigenvalue weighted by Gasteiger charge is 2.13. The van der Waals surface area contributed by atoms with Crippen LogP contribution in [0.15, 0.2) is 48.5 Å². The first-order valence-electron chi connectivity index (χ1n) is 6.31. The molecule has 1 N–H and O–H groups in total.